The molecule has 1 aromatic carbocycles. The Morgan fingerprint density at radius 3 is 2.52 bits per heavy atom. The highest BCUT2D eigenvalue weighted by Gasteiger charge is 2.41. The number of hydrogen-bond acceptors (Lipinski definition) is 2. The molecule has 3 atom stereocenters. The van der Waals surface area contributed by atoms with Gasteiger partial charge in [-0.1, -0.05) is 12.1 Å². The van der Waals surface area contributed by atoms with Crippen molar-refractivity contribution in [3.8, 4) is 16.9 Å². The van der Waals surface area contributed by atoms with E-state index in [1.54, 1.807) is 16.9 Å². The zero-order chi connectivity index (χ0) is 20.0. The number of aromatic nitrogens is 1. The van der Waals surface area contributed by atoms with Crippen molar-refractivity contribution >= 4 is 0 Å². The monoisotopic (exact) mass is 395 g/mol. The van der Waals surface area contributed by atoms with Gasteiger partial charge in [-0.15, -0.1) is 0 Å². The number of rotatable bonds is 3. The molecule has 0 radical (unpaired) electrons. The van der Waals surface area contributed by atoms with Gasteiger partial charge in [0.1, 0.15) is 5.75 Å². The molecule has 29 heavy (non-hydrogen) atoms. The zero-order valence-corrected chi connectivity index (χ0v) is 17.6. The molecule has 5 rings (SSSR count). The summed E-state index contributed by atoms with van der Waals surface area (Å²) in [5.74, 6) is 1.98. The summed E-state index contributed by atoms with van der Waals surface area (Å²) in [6.45, 7) is 5.94. The molecule has 2 bridgehead atoms. The molecule has 3 aliphatic rings. The lowest BCUT2D eigenvalue weighted by molar-refractivity contribution is -0.959. The van der Waals surface area contributed by atoms with E-state index in [1.807, 2.05) is 30.3 Å². The van der Waals surface area contributed by atoms with Crippen LogP contribution >= 0.6 is 0 Å². The molecule has 2 N–H and O–H groups in total. The highest BCUT2D eigenvalue weighted by atomic mass is 16.5. The van der Waals surface area contributed by atoms with Crippen LogP contribution in [0, 0.1) is 5.92 Å². The molecule has 2 fully saturated rings. The lowest BCUT2D eigenvalue weighted by Gasteiger charge is -2.44. The van der Waals surface area contributed by atoms with Gasteiger partial charge in [-0.25, -0.2) is 0 Å². The van der Waals surface area contributed by atoms with Crippen LogP contribution in [0.25, 0.3) is 11.1 Å². The lowest BCUT2D eigenvalue weighted by Crippen LogP contribution is -3.21. The van der Waals surface area contributed by atoms with E-state index in [4.69, 9.17) is 4.74 Å². The minimum Gasteiger partial charge on any atom is -0.497 e. The number of nitrogens with one attached hydrogen (secondary N) is 2. The van der Waals surface area contributed by atoms with Crippen molar-refractivity contribution in [1.29, 1.82) is 0 Å². The van der Waals surface area contributed by atoms with Crippen molar-refractivity contribution in [2.24, 2.45) is 5.92 Å². The molecule has 5 heteroatoms. The standard InChI is InChI=1S/C24H31N3O2/c1-25-11-9-20(10-12-25)26-14-17-13-19(16-26)23-8-7-22(24(28)27(23)15-17)18-3-5-21(29-2)6-4-18/h3-8,17,19-20H,9-16H2,1-2H3/p+2/t17-,19+/m0/s1. The molecule has 0 spiro atoms. The fourth-order valence-electron chi connectivity index (χ4n) is 5.94. The summed E-state index contributed by atoms with van der Waals surface area (Å²) in [5, 5.41) is 0. The first-order valence-electron chi connectivity index (χ1n) is 11.2. The van der Waals surface area contributed by atoms with Gasteiger partial charge in [0.2, 0.25) is 0 Å². The largest absolute Gasteiger partial charge is 0.497 e. The van der Waals surface area contributed by atoms with Gasteiger partial charge in [0.05, 0.1) is 46.4 Å². The molecule has 5 nitrogen and oxygen atoms in total. The second-order valence-corrected chi connectivity index (χ2v) is 9.41. The van der Waals surface area contributed by atoms with E-state index in [-0.39, 0.29) is 5.56 Å². The predicted octanol–water partition coefficient (Wildman–Crippen LogP) is 0.203. The van der Waals surface area contributed by atoms with Crippen molar-refractivity contribution in [2.75, 3.05) is 40.3 Å². The van der Waals surface area contributed by atoms with Crippen LogP contribution in [0.5, 0.6) is 5.75 Å². The van der Waals surface area contributed by atoms with Gasteiger partial charge in [-0.3, -0.25) is 4.79 Å². The minimum atomic E-state index is 0.175. The quantitative estimate of drug-likeness (QED) is 0.780. The molecule has 0 aliphatic carbocycles. The van der Waals surface area contributed by atoms with E-state index in [1.165, 1.54) is 51.1 Å². The van der Waals surface area contributed by atoms with Gasteiger partial charge in [-0.2, -0.15) is 0 Å². The molecule has 0 amide bonds. The van der Waals surface area contributed by atoms with Crippen LogP contribution in [0.4, 0.5) is 0 Å². The van der Waals surface area contributed by atoms with Gasteiger partial charge in [0, 0.05) is 42.5 Å². The lowest BCUT2D eigenvalue weighted by atomic mass is 9.81. The topological polar surface area (TPSA) is 40.1 Å². The zero-order valence-electron chi connectivity index (χ0n) is 17.6. The maximum Gasteiger partial charge on any atom is 0.258 e. The van der Waals surface area contributed by atoms with E-state index in [2.05, 4.69) is 17.7 Å². The van der Waals surface area contributed by atoms with E-state index in [0.29, 0.717) is 11.8 Å². The second-order valence-electron chi connectivity index (χ2n) is 9.41. The van der Waals surface area contributed by atoms with Gasteiger partial charge in [-0.05, 0) is 36.2 Å². The Morgan fingerprint density at radius 1 is 1.03 bits per heavy atom. The first-order chi connectivity index (χ1) is 14.1. The van der Waals surface area contributed by atoms with Crippen LogP contribution in [0.1, 0.15) is 30.9 Å². The van der Waals surface area contributed by atoms with Crippen LogP contribution in [-0.4, -0.2) is 50.9 Å². The average Bonchev–Trinajstić information content (AvgIpc) is 2.75. The summed E-state index contributed by atoms with van der Waals surface area (Å²) in [6, 6.07) is 12.9. The molecule has 1 aromatic heterocycles. The Bertz CT molecular complexity index is 928. The molecule has 4 heterocycles. The molecule has 0 saturated carbocycles. The third kappa shape index (κ3) is 3.51. The first kappa shape index (κ1) is 18.9. The number of methoxy groups -OCH3 is 1. The van der Waals surface area contributed by atoms with Crippen molar-refractivity contribution in [3.63, 3.8) is 0 Å². The van der Waals surface area contributed by atoms with Crippen LogP contribution in [0.2, 0.25) is 0 Å². The Morgan fingerprint density at radius 2 is 1.79 bits per heavy atom. The van der Waals surface area contributed by atoms with E-state index >= 15 is 0 Å². The molecular weight excluding hydrogens is 362 g/mol. The third-order valence-corrected chi connectivity index (χ3v) is 7.56. The van der Waals surface area contributed by atoms with Crippen molar-refractivity contribution in [1.82, 2.24) is 4.57 Å². The Balaban J connectivity index is 1.41. The molecule has 154 valence electrons. The smallest absolute Gasteiger partial charge is 0.258 e. The van der Waals surface area contributed by atoms with Gasteiger partial charge in [0.15, 0.2) is 0 Å². The van der Waals surface area contributed by atoms with Crippen molar-refractivity contribution < 1.29 is 14.5 Å². The summed E-state index contributed by atoms with van der Waals surface area (Å²) >= 11 is 0. The number of pyridine rings is 1. The SMILES string of the molecule is COc1ccc(-c2ccc3n(c2=O)C[C@H]2C[C@@H]3C[NH+](C3CC[NH+](C)CC3)C2)cc1. The van der Waals surface area contributed by atoms with Crippen LogP contribution in [-0.2, 0) is 6.54 Å². The van der Waals surface area contributed by atoms with Crippen LogP contribution < -0.4 is 20.1 Å². The summed E-state index contributed by atoms with van der Waals surface area (Å²) < 4.78 is 7.35. The normalized spacial score (nSPS) is 31.2. The number of fused-ring (bicyclic) bond motifs is 4. The highest BCUT2D eigenvalue weighted by Crippen LogP contribution is 2.32. The van der Waals surface area contributed by atoms with E-state index < -0.39 is 0 Å². The number of piperidine rings is 2. The average molecular weight is 396 g/mol. The molecule has 1 unspecified atom stereocenters. The maximum absolute atomic E-state index is 13.3. The Hall–Kier alpha value is -2.11. The summed E-state index contributed by atoms with van der Waals surface area (Å²) in [4.78, 5) is 16.8. The Kier molecular flexibility index (Phi) is 4.96. The number of benzene rings is 1. The van der Waals surface area contributed by atoms with Gasteiger partial charge in [0.25, 0.3) is 5.56 Å². The number of ether oxygens (including phenoxy) is 1. The van der Waals surface area contributed by atoms with E-state index in [0.717, 1.165) is 29.5 Å². The fraction of sp³-hybridized carbons (Fsp3) is 0.542. The van der Waals surface area contributed by atoms with Crippen molar-refractivity contribution in [2.45, 2.75) is 37.8 Å². The maximum atomic E-state index is 13.3. The molecule has 2 aromatic rings. The molecule has 2 saturated heterocycles. The number of quaternary nitrogens is 2. The van der Waals surface area contributed by atoms with Crippen LogP contribution in [0.15, 0.2) is 41.2 Å². The summed E-state index contributed by atoms with van der Waals surface area (Å²) in [7, 11) is 3.99. The van der Waals surface area contributed by atoms with Gasteiger partial charge < -0.3 is 19.1 Å². The minimum absolute atomic E-state index is 0.175. The number of likely N-dealkylation sites (tertiary alicyclic amines) is 2. The van der Waals surface area contributed by atoms with Crippen LogP contribution in [0.3, 0.4) is 0 Å². The summed E-state index contributed by atoms with van der Waals surface area (Å²) in [5.41, 5.74) is 3.22. The van der Waals surface area contributed by atoms with Gasteiger partial charge >= 0.3 is 0 Å². The van der Waals surface area contributed by atoms with E-state index in [9.17, 15) is 4.79 Å². The molecule has 3 aliphatic heterocycles. The predicted molar refractivity (Wildman–Crippen MR) is 114 cm³/mol. The number of nitrogens with zero attached hydrogens (tertiary/aromatic N) is 1. The number of hydrogen-bond donors (Lipinski definition) is 2. The third-order valence-electron chi connectivity index (χ3n) is 7.56. The Labute approximate surface area is 172 Å². The first-order valence-corrected chi connectivity index (χ1v) is 11.2. The highest BCUT2D eigenvalue weighted by molar-refractivity contribution is 5.63. The second kappa shape index (κ2) is 7.62. The molecular formula is C24H33N3O2+2. The fourth-order valence-corrected chi connectivity index (χ4v) is 5.94. The summed E-state index contributed by atoms with van der Waals surface area (Å²) in [6.07, 6.45) is 3.95. The van der Waals surface area contributed by atoms with Crippen molar-refractivity contribution in [3.05, 3.63) is 52.4 Å².